The van der Waals surface area contributed by atoms with Gasteiger partial charge in [-0.1, -0.05) is 13.0 Å². The Kier molecular flexibility index (Phi) is 3.05. The number of hydrogen-bond donors (Lipinski definition) is 1. The summed E-state index contributed by atoms with van der Waals surface area (Å²) in [4.78, 5) is 0. The Morgan fingerprint density at radius 3 is 2.00 bits per heavy atom. The van der Waals surface area contributed by atoms with Gasteiger partial charge in [-0.05, 0) is 12.8 Å². The third-order valence-electron chi connectivity index (χ3n) is 1.63. The van der Waals surface area contributed by atoms with Crippen molar-refractivity contribution in [1.82, 2.24) is 0 Å². The molecule has 0 heterocycles. The molecule has 0 spiro atoms. The fraction of sp³-hybridized carbons (Fsp3) is 0.667. The molecular formula is C6H13NO2S. The minimum Gasteiger partial charge on any atom is -0.228 e. The molecule has 0 aliphatic rings. The monoisotopic (exact) mass is 163 g/mol. The zero-order valence-corrected chi connectivity index (χ0v) is 7.06. The molecule has 0 aromatic heterocycles. The van der Waals surface area contributed by atoms with E-state index >= 15 is 0 Å². The van der Waals surface area contributed by atoms with Crippen LogP contribution >= 0.6 is 0 Å². The Bertz CT molecular complexity index is 208. The maximum atomic E-state index is 10.7. The summed E-state index contributed by atoms with van der Waals surface area (Å²) in [5.41, 5.74) is 0. The van der Waals surface area contributed by atoms with Crippen molar-refractivity contribution >= 4 is 10.0 Å². The number of rotatable bonds is 3. The molecule has 0 aliphatic heterocycles. The first-order valence-electron chi connectivity index (χ1n) is 3.03. The summed E-state index contributed by atoms with van der Waals surface area (Å²) in [6.07, 6.45) is 1.58. The zero-order chi connectivity index (χ0) is 8.36. The van der Waals surface area contributed by atoms with E-state index in [1.807, 2.05) is 0 Å². The highest BCUT2D eigenvalue weighted by molar-refractivity contribution is 7.89. The number of sulfonamides is 1. The largest absolute Gasteiger partial charge is 0.228 e. The van der Waals surface area contributed by atoms with Crippen molar-refractivity contribution in [2.75, 3.05) is 0 Å². The van der Waals surface area contributed by atoms with Gasteiger partial charge in [-0.2, -0.15) is 0 Å². The first kappa shape index (κ1) is 9.65. The van der Waals surface area contributed by atoms with Gasteiger partial charge in [-0.3, -0.25) is 0 Å². The maximum Gasteiger partial charge on any atom is 0.212 e. The summed E-state index contributed by atoms with van der Waals surface area (Å²) in [6, 6.07) is 0. The molecule has 0 amide bonds. The average molecular weight is 163 g/mol. The highest BCUT2D eigenvalue weighted by Gasteiger charge is 2.19. The van der Waals surface area contributed by atoms with E-state index in [2.05, 4.69) is 6.58 Å². The van der Waals surface area contributed by atoms with E-state index in [-0.39, 0.29) is 5.92 Å². The van der Waals surface area contributed by atoms with Gasteiger partial charge in [0.25, 0.3) is 0 Å². The highest BCUT2D eigenvalue weighted by Crippen LogP contribution is 2.09. The summed E-state index contributed by atoms with van der Waals surface area (Å²) in [6.45, 7) is 6.81. The topological polar surface area (TPSA) is 60.2 Å². The van der Waals surface area contributed by atoms with Gasteiger partial charge in [0.05, 0.1) is 5.25 Å². The minimum atomic E-state index is -3.39. The standard InChI is InChI=1S/C6H13NO2S/c1-4-5(2)6(3)10(7,8)9/h4-6H,1H2,2-3H3,(H2,7,8,9)/t5-,6-/m0/s1. The van der Waals surface area contributed by atoms with E-state index in [9.17, 15) is 8.42 Å². The first-order valence-corrected chi connectivity index (χ1v) is 4.64. The Hall–Kier alpha value is -0.350. The Balaban J connectivity index is 4.37. The quantitative estimate of drug-likeness (QED) is 0.615. The molecule has 0 fully saturated rings. The lowest BCUT2D eigenvalue weighted by Gasteiger charge is -2.12. The molecule has 0 radical (unpaired) electrons. The lowest BCUT2D eigenvalue weighted by molar-refractivity contribution is 0.565. The van der Waals surface area contributed by atoms with Crippen LogP contribution < -0.4 is 5.14 Å². The highest BCUT2D eigenvalue weighted by atomic mass is 32.2. The third-order valence-corrected chi connectivity index (χ3v) is 3.10. The van der Waals surface area contributed by atoms with Crippen molar-refractivity contribution < 1.29 is 8.42 Å². The second-order valence-electron chi connectivity index (χ2n) is 2.39. The van der Waals surface area contributed by atoms with Crippen LogP contribution in [0.3, 0.4) is 0 Å². The van der Waals surface area contributed by atoms with E-state index in [1.165, 1.54) is 0 Å². The van der Waals surface area contributed by atoms with E-state index < -0.39 is 15.3 Å². The summed E-state index contributed by atoms with van der Waals surface area (Å²) < 4.78 is 21.3. The molecule has 0 aliphatic carbocycles. The summed E-state index contributed by atoms with van der Waals surface area (Å²) in [7, 11) is -3.39. The molecule has 4 heteroatoms. The number of nitrogens with two attached hydrogens (primary N) is 1. The second-order valence-corrected chi connectivity index (χ2v) is 4.31. The van der Waals surface area contributed by atoms with E-state index in [1.54, 1.807) is 19.9 Å². The Morgan fingerprint density at radius 1 is 1.50 bits per heavy atom. The molecule has 0 unspecified atom stereocenters. The van der Waals surface area contributed by atoms with Crippen LogP contribution in [0.1, 0.15) is 13.8 Å². The van der Waals surface area contributed by atoms with Crippen molar-refractivity contribution in [2.45, 2.75) is 19.1 Å². The number of primary sulfonamides is 1. The molecule has 0 saturated carbocycles. The smallest absolute Gasteiger partial charge is 0.212 e. The lowest BCUT2D eigenvalue weighted by Crippen LogP contribution is -2.30. The van der Waals surface area contributed by atoms with Gasteiger partial charge in [0, 0.05) is 0 Å². The number of hydrogen-bond acceptors (Lipinski definition) is 2. The van der Waals surface area contributed by atoms with E-state index in [0.29, 0.717) is 0 Å². The van der Waals surface area contributed by atoms with Crippen LogP contribution in [0.15, 0.2) is 12.7 Å². The normalized spacial score (nSPS) is 17.9. The fourth-order valence-corrected chi connectivity index (χ4v) is 1.20. The molecule has 0 rings (SSSR count). The lowest BCUT2D eigenvalue weighted by atomic mass is 10.1. The second kappa shape index (κ2) is 3.16. The van der Waals surface area contributed by atoms with Crippen molar-refractivity contribution in [3.63, 3.8) is 0 Å². The average Bonchev–Trinajstić information content (AvgIpc) is 1.83. The van der Waals surface area contributed by atoms with Crippen LogP contribution in [0, 0.1) is 5.92 Å². The van der Waals surface area contributed by atoms with Gasteiger partial charge >= 0.3 is 0 Å². The van der Waals surface area contributed by atoms with Crippen LogP contribution in [0.25, 0.3) is 0 Å². The molecule has 0 saturated heterocycles. The predicted octanol–water partition coefficient (Wildman–Crippen LogP) is 0.486. The molecule has 2 N–H and O–H groups in total. The Morgan fingerprint density at radius 2 is 1.90 bits per heavy atom. The zero-order valence-electron chi connectivity index (χ0n) is 6.24. The van der Waals surface area contributed by atoms with E-state index in [4.69, 9.17) is 5.14 Å². The number of allylic oxidation sites excluding steroid dienone is 1. The fourth-order valence-electron chi connectivity index (χ4n) is 0.491. The summed E-state index contributed by atoms with van der Waals surface area (Å²) >= 11 is 0. The predicted molar refractivity (Wildman–Crippen MR) is 41.9 cm³/mol. The SMILES string of the molecule is C=C[C@H](C)[C@H](C)S(N)(=O)=O. The van der Waals surface area contributed by atoms with Crippen molar-refractivity contribution in [3.8, 4) is 0 Å². The molecular weight excluding hydrogens is 150 g/mol. The summed E-state index contributed by atoms with van der Waals surface area (Å²) in [5.74, 6) is -0.0880. The third kappa shape index (κ3) is 2.49. The van der Waals surface area contributed by atoms with Crippen LogP contribution in [-0.2, 0) is 10.0 Å². The molecule has 10 heavy (non-hydrogen) atoms. The minimum absolute atomic E-state index is 0.0880. The van der Waals surface area contributed by atoms with Gasteiger partial charge in [-0.15, -0.1) is 6.58 Å². The van der Waals surface area contributed by atoms with Crippen molar-refractivity contribution in [3.05, 3.63) is 12.7 Å². The molecule has 60 valence electrons. The van der Waals surface area contributed by atoms with Crippen LogP contribution in [0.4, 0.5) is 0 Å². The molecule has 3 nitrogen and oxygen atoms in total. The van der Waals surface area contributed by atoms with Crippen LogP contribution in [-0.4, -0.2) is 13.7 Å². The van der Waals surface area contributed by atoms with Gasteiger partial charge in [0.2, 0.25) is 10.0 Å². The van der Waals surface area contributed by atoms with Crippen molar-refractivity contribution in [1.29, 1.82) is 0 Å². The molecule has 0 aromatic rings. The van der Waals surface area contributed by atoms with E-state index in [0.717, 1.165) is 0 Å². The van der Waals surface area contributed by atoms with Gasteiger partial charge in [0.1, 0.15) is 0 Å². The molecule has 0 bridgehead atoms. The molecule has 0 aromatic carbocycles. The van der Waals surface area contributed by atoms with Gasteiger partial charge in [0.15, 0.2) is 0 Å². The maximum absolute atomic E-state index is 10.7. The van der Waals surface area contributed by atoms with Gasteiger partial charge in [-0.25, -0.2) is 13.6 Å². The van der Waals surface area contributed by atoms with Crippen molar-refractivity contribution in [2.24, 2.45) is 11.1 Å². The summed E-state index contributed by atoms with van der Waals surface area (Å²) in [5, 5.41) is 4.34. The van der Waals surface area contributed by atoms with Crippen LogP contribution in [0.2, 0.25) is 0 Å². The Labute approximate surface area is 62.0 Å². The van der Waals surface area contributed by atoms with Gasteiger partial charge < -0.3 is 0 Å². The molecule has 2 atom stereocenters. The van der Waals surface area contributed by atoms with Crippen LogP contribution in [0.5, 0.6) is 0 Å². The first-order chi connectivity index (χ1) is 4.39.